The van der Waals surface area contributed by atoms with Gasteiger partial charge in [-0.05, 0) is 11.4 Å². The number of hydrogen-bond acceptors (Lipinski definition) is 3. The minimum absolute atomic E-state index is 0.423. The van der Waals surface area contributed by atoms with Crippen LogP contribution in [0.1, 0.15) is 23.0 Å². The van der Waals surface area contributed by atoms with E-state index in [1.54, 1.807) is 11.3 Å². The molecule has 1 aliphatic heterocycles. The highest BCUT2D eigenvalue weighted by atomic mass is 32.2. The molecule has 1 atom stereocenters. The SMILES string of the molecule is O=C1CCSC(c2cccs2)C1. The molecular formula is C9H10OS2. The van der Waals surface area contributed by atoms with Gasteiger partial charge >= 0.3 is 0 Å². The van der Waals surface area contributed by atoms with Crippen molar-refractivity contribution in [1.29, 1.82) is 0 Å². The number of thioether (sulfide) groups is 1. The van der Waals surface area contributed by atoms with E-state index in [-0.39, 0.29) is 0 Å². The summed E-state index contributed by atoms with van der Waals surface area (Å²) in [5, 5.41) is 2.53. The van der Waals surface area contributed by atoms with Gasteiger partial charge in [0.1, 0.15) is 5.78 Å². The van der Waals surface area contributed by atoms with Gasteiger partial charge in [-0.2, -0.15) is 11.8 Å². The van der Waals surface area contributed by atoms with E-state index in [0.29, 0.717) is 11.0 Å². The summed E-state index contributed by atoms with van der Waals surface area (Å²) < 4.78 is 0. The number of carbonyl (C=O) groups excluding carboxylic acids is 1. The molecule has 2 rings (SSSR count). The molecule has 0 amide bonds. The van der Waals surface area contributed by atoms with Gasteiger partial charge in [-0.1, -0.05) is 6.07 Å². The number of carbonyl (C=O) groups is 1. The maximum atomic E-state index is 11.2. The van der Waals surface area contributed by atoms with Gasteiger partial charge in [-0.25, -0.2) is 0 Å². The molecule has 1 nitrogen and oxygen atoms in total. The van der Waals surface area contributed by atoms with Gasteiger partial charge < -0.3 is 0 Å². The first-order valence-electron chi connectivity index (χ1n) is 4.03. The second kappa shape index (κ2) is 3.62. The maximum Gasteiger partial charge on any atom is 0.135 e. The van der Waals surface area contributed by atoms with Gasteiger partial charge in [-0.3, -0.25) is 4.79 Å². The van der Waals surface area contributed by atoms with Gasteiger partial charge in [0.15, 0.2) is 0 Å². The van der Waals surface area contributed by atoms with Crippen molar-refractivity contribution in [2.75, 3.05) is 5.75 Å². The Morgan fingerprint density at radius 3 is 3.08 bits per heavy atom. The smallest absolute Gasteiger partial charge is 0.135 e. The largest absolute Gasteiger partial charge is 0.300 e. The van der Waals surface area contributed by atoms with Gasteiger partial charge in [-0.15, -0.1) is 11.3 Å². The normalized spacial score (nSPS) is 24.3. The molecule has 3 heteroatoms. The minimum Gasteiger partial charge on any atom is -0.300 e. The van der Waals surface area contributed by atoms with Crippen LogP contribution in [0.25, 0.3) is 0 Å². The Balaban J connectivity index is 2.09. The summed E-state index contributed by atoms with van der Waals surface area (Å²) in [5.74, 6) is 1.42. The fourth-order valence-electron chi connectivity index (χ4n) is 1.34. The highest BCUT2D eigenvalue weighted by Gasteiger charge is 2.21. The molecule has 1 unspecified atom stereocenters. The highest BCUT2D eigenvalue weighted by molar-refractivity contribution is 7.99. The van der Waals surface area contributed by atoms with Crippen LogP contribution in [-0.4, -0.2) is 11.5 Å². The maximum absolute atomic E-state index is 11.2. The van der Waals surface area contributed by atoms with E-state index in [1.807, 2.05) is 11.8 Å². The molecule has 12 heavy (non-hydrogen) atoms. The molecule has 0 radical (unpaired) electrons. The molecule has 1 aromatic rings. The minimum atomic E-state index is 0.423. The molecule has 2 heterocycles. The van der Waals surface area contributed by atoms with Crippen LogP contribution < -0.4 is 0 Å². The molecule has 1 fully saturated rings. The molecule has 0 bridgehead atoms. The van der Waals surface area contributed by atoms with Gasteiger partial charge in [0.05, 0.1) is 0 Å². The second-order valence-electron chi connectivity index (χ2n) is 2.87. The van der Waals surface area contributed by atoms with Crippen LogP contribution in [0.3, 0.4) is 0 Å². The summed E-state index contributed by atoms with van der Waals surface area (Å²) in [5.41, 5.74) is 0. The topological polar surface area (TPSA) is 17.1 Å². The summed E-state index contributed by atoms with van der Waals surface area (Å²) in [4.78, 5) is 12.5. The lowest BCUT2D eigenvalue weighted by Gasteiger charge is -2.18. The van der Waals surface area contributed by atoms with E-state index in [1.165, 1.54) is 4.88 Å². The van der Waals surface area contributed by atoms with Crippen molar-refractivity contribution in [2.45, 2.75) is 18.1 Å². The van der Waals surface area contributed by atoms with E-state index in [4.69, 9.17) is 0 Å². The first kappa shape index (κ1) is 8.32. The van der Waals surface area contributed by atoms with Crippen molar-refractivity contribution in [1.82, 2.24) is 0 Å². The Hall–Kier alpha value is -0.280. The van der Waals surface area contributed by atoms with Crippen LogP contribution in [0.4, 0.5) is 0 Å². The van der Waals surface area contributed by atoms with E-state index in [2.05, 4.69) is 17.5 Å². The van der Waals surface area contributed by atoms with Crippen LogP contribution >= 0.6 is 23.1 Å². The molecule has 0 N–H and O–H groups in total. The number of ketones is 1. The van der Waals surface area contributed by atoms with Crippen molar-refractivity contribution in [3.63, 3.8) is 0 Å². The quantitative estimate of drug-likeness (QED) is 0.690. The first-order chi connectivity index (χ1) is 5.86. The average Bonchev–Trinajstić information content (AvgIpc) is 2.56. The lowest BCUT2D eigenvalue weighted by atomic mass is 10.1. The molecule has 0 saturated carbocycles. The fraction of sp³-hybridized carbons (Fsp3) is 0.444. The molecule has 0 aliphatic carbocycles. The zero-order valence-corrected chi connectivity index (χ0v) is 8.29. The van der Waals surface area contributed by atoms with Crippen LogP contribution in [-0.2, 0) is 4.79 Å². The third-order valence-corrected chi connectivity index (χ3v) is 4.37. The molecule has 0 spiro atoms. The summed E-state index contributed by atoms with van der Waals surface area (Å²) in [6, 6.07) is 4.18. The summed E-state index contributed by atoms with van der Waals surface area (Å²) in [7, 11) is 0. The average molecular weight is 198 g/mol. The van der Waals surface area contributed by atoms with Crippen molar-refractivity contribution >= 4 is 28.9 Å². The molecule has 1 saturated heterocycles. The van der Waals surface area contributed by atoms with Crippen LogP contribution in [0.2, 0.25) is 0 Å². The Morgan fingerprint density at radius 1 is 1.50 bits per heavy atom. The zero-order valence-electron chi connectivity index (χ0n) is 6.66. The monoisotopic (exact) mass is 198 g/mol. The molecule has 64 valence electrons. The fourth-order valence-corrected chi connectivity index (χ4v) is 3.59. The second-order valence-corrected chi connectivity index (χ2v) is 5.16. The van der Waals surface area contributed by atoms with Crippen molar-refractivity contribution < 1.29 is 4.79 Å². The number of Topliss-reactive ketones (excluding diaryl/α,β-unsaturated/α-hetero) is 1. The highest BCUT2D eigenvalue weighted by Crippen LogP contribution is 2.38. The molecule has 1 aliphatic rings. The standard InChI is InChI=1S/C9H10OS2/c10-7-3-5-12-9(6-7)8-2-1-4-11-8/h1-2,4,9H,3,5-6H2. The van der Waals surface area contributed by atoms with Crippen LogP contribution in [0.15, 0.2) is 17.5 Å². The summed E-state index contributed by atoms with van der Waals surface area (Å²) in [6.45, 7) is 0. The predicted octanol–water partition coefficient (Wildman–Crippen LogP) is 2.89. The Kier molecular flexibility index (Phi) is 2.51. The van der Waals surface area contributed by atoms with E-state index in [0.717, 1.165) is 18.6 Å². The predicted molar refractivity (Wildman–Crippen MR) is 53.8 cm³/mol. The third kappa shape index (κ3) is 1.72. The zero-order chi connectivity index (χ0) is 8.39. The number of rotatable bonds is 1. The first-order valence-corrected chi connectivity index (χ1v) is 5.96. The number of hydrogen-bond donors (Lipinski definition) is 0. The van der Waals surface area contributed by atoms with Gasteiger partial charge in [0, 0.05) is 28.7 Å². The van der Waals surface area contributed by atoms with Gasteiger partial charge in [0.25, 0.3) is 0 Å². The molecule has 0 aromatic carbocycles. The lowest BCUT2D eigenvalue weighted by molar-refractivity contribution is -0.118. The van der Waals surface area contributed by atoms with Crippen LogP contribution in [0, 0.1) is 0 Å². The van der Waals surface area contributed by atoms with Crippen molar-refractivity contribution in [3.8, 4) is 0 Å². The van der Waals surface area contributed by atoms with E-state index in [9.17, 15) is 4.79 Å². The van der Waals surface area contributed by atoms with Crippen molar-refractivity contribution in [3.05, 3.63) is 22.4 Å². The van der Waals surface area contributed by atoms with Crippen LogP contribution in [0.5, 0.6) is 0 Å². The van der Waals surface area contributed by atoms with Crippen molar-refractivity contribution in [2.24, 2.45) is 0 Å². The van der Waals surface area contributed by atoms with E-state index >= 15 is 0 Å². The molecular weight excluding hydrogens is 188 g/mol. The third-order valence-electron chi connectivity index (χ3n) is 1.97. The lowest BCUT2D eigenvalue weighted by Crippen LogP contribution is -2.11. The number of thiophene rings is 1. The molecule has 1 aromatic heterocycles. The van der Waals surface area contributed by atoms with E-state index < -0.39 is 0 Å². The Labute approximate surface area is 80.2 Å². The Morgan fingerprint density at radius 2 is 2.42 bits per heavy atom. The summed E-state index contributed by atoms with van der Waals surface area (Å²) >= 11 is 3.67. The Bertz CT molecular complexity index is 266. The van der Waals surface area contributed by atoms with Gasteiger partial charge in [0.2, 0.25) is 0 Å². The summed E-state index contributed by atoms with van der Waals surface area (Å²) in [6.07, 6.45) is 1.51.